The van der Waals surface area contributed by atoms with E-state index in [9.17, 15) is 8.42 Å². The van der Waals surface area contributed by atoms with E-state index in [0.717, 1.165) is 0 Å². The second-order valence-corrected chi connectivity index (χ2v) is 6.88. The molecule has 0 saturated heterocycles. The third kappa shape index (κ3) is 5.00. The Morgan fingerprint density at radius 2 is 2.24 bits per heavy atom. The van der Waals surface area contributed by atoms with Gasteiger partial charge in [0.15, 0.2) is 0 Å². The van der Waals surface area contributed by atoms with Crippen LogP contribution in [-0.4, -0.2) is 57.6 Å². The summed E-state index contributed by atoms with van der Waals surface area (Å²) in [6.45, 7) is 1.97. The lowest BCUT2D eigenvalue weighted by Gasteiger charge is -2.02. The molecule has 0 aliphatic rings. The largest absolute Gasteiger partial charge is 0.394 e. The Labute approximate surface area is 105 Å². The first-order valence-corrected chi connectivity index (χ1v) is 8.10. The summed E-state index contributed by atoms with van der Waals surface area (Å²) in [6, 6.07) is 0. The predicted octanol–water partition coefficient (Wildman–Crippen LogP) is -0.418. The molecule has 1 heterocycles. The molecule has 98 valence electrons. The highest BCUT2D eigenvalue weighted by Gasteiger charge is 2.09. The SMILES string of the molecule is CCS(=O)(=O)CCCSc1nnnn1CCO. The molecule has 0 unspecified atom stereocenters. The van der Waals surface area contributed by atoms with E-state index in [1.54, 1.807) is 6.92 Å². The van der Waals surface area contributed by atoms with Crippen molar-refractivity contribution in [2.75, 3.05) is 23.9 Å². The minimum absolute atomic E-state index is 0.0250. The summed E-state index contributed by atoms with van der Waals surface area (Å²) >= 11 is 1.40. The molecular formula is C8H16N4O3S2. The first-order valence-electron chi connectivity index (χ1n) is 5.29. The first-order chi connectivity index (χ1) is 8.09. The van der Waals surface area contributed by atoms with Crippen molar-refractivity contribution in [1.82, 2.24) is 20.2 Å². The van der Waals surface area contributed by atoms with Crippen molar-refractivity contribution >= 4 is 21.6 Å². The lowest BCUT2D eigenvalue weighted by Crippen LogP contribution is -2.10. The van der Waals surface area contributed by atoms with Gasteiger partial charge in [0.2, 0.25) is 5.16 Å². The number of aromatic nitrogens is 4. The molecule has 1 N–H and O–H groups in total. The summed E-state index contributed by atoms with van der Waals surface area (Å²) in [4.78, 5) is 0. The number of aliphatic hydroxyl groups excluding tert-OH is 1. The second kappa shape index (κ2) is 6.92. The van der Waals surface area contributed by atoms with E-state index in [2.05, 4.69) is 15.5 Å². The quantitative estimate of drug-likeness (QED) is 0.510. The van der Waals surface area contributed by atoms with Gasteiger partial charge in [-0.3, -0.25) is 0 Å². The van der Waals surface area contributed by atoms with Gasteiger partial charge in [-0.05, 0) is 16.8 Å². The smallest absolute Gasteiger partial charge is 0.209 e. The van der Waals surface area contributed by atoms with Crippen molar-refractivity contribution in [2.45, 2.75) is 25.0 Å². The van der Waals surface area contributed by atoms with E-state index in [-0.39, 0.29) is 18.1 Å². The lowest BCUT2D eigenvalue weighted by atomic mass is 10.6. The maximum atomic E-state index is 11.2. The average Bonchev–Trinajstić information content (AvgIpc) is 2.73. The zero-order valence-electron chi connectivity index (χ0n) is 9.61. The second-order valence-electron chi connectivity index (χ2n) is 3.35. The van der Waals surface area contributed by atoms with Crippen LogP contribution >= 0.6 is 11.8 Å². The molecule has 0 aliphatic carbocycles. The molecule has 9 heteroatoms. The van der Waals surface area contributed by atoms with Gasteiger partial charge in [0.25, 0.3) is 0 Å². The van der Waals surface area contributed by atoms with Gasteiger partial charge in [-0.15, -0.1) is 5.10 Å². The van der Waals surface area contributed by atoms with Crippen LogP contribution in [0.4, 0.5) is 0 Å². The maximum Gasteiger partial charge on any atom is 0.209 e. The van der Waals surface area contributed by atoms with Gasteiger partial charge in [-0.1, -0.05) is 18.7 Å². The molecule has 1 aromatic rings. The zero-order valence-corrected chi connectivity index (χ0v) is 11.2. The fourth-order valence-electron chi connectivity index (χ4n) is 1.12. The van der Waals surface area contributed by atoms with E-state index >= 15 is 0 Å². The van der Waals surface area contributed by atoms with Gasteiger partial charge in [-0.2, -0.15) is 0 Å². The summed E-state index contributed by atoms with van der Waals surface area (Å²) in [6.07, 6.45) is 0.576. The maximum absolute atomic E-state index is 11.2. The molecule has 7 nitrogen and oxygen atoms in total. The molecule has 0 fully saturated rings. The average molecular weight is 280 g/mol. The Morgan fingerprint density at radius 1 is 1.47 bits per heavy atom. The summed E-state index contributed by atoms with van der Waals surface area (Å²) in [7, 11) is -2.89. The minimum atomic E-state index is -2.89. The van der Waals surface area contributed by atoms with Gasteiger partial charge in [-0.25, -0.2) is 13.1 Å². The van der Waals surface area contributed by atoms with Crippen LogP contribution in [0.5, 0.6) is 0 Å². The van der Waals surface area contributed by atoms with Gasteiger partial charge >= 0.3 is 0 Å². The van der Waals surface area contributed by atoms with Crippen molar-refractivity contribution in [1.29, 1.82) is 0 Å². The topological polar surface area (TPSA) is 98.0 Å². The van der Waals surface area contributed by atoms with Gasteiger partial charge in [0.1, 0.15) is 9.84 Å². The van der Waals surface area contributed by atoms with E-state index in [4.69, 9.17) is 5.11 Å². The van der Waals surface area contributed by atoms with E-state index < -0.39 is 9.84 Å². The van der Waals surface area contributed by atoms with Crippen LogP contribution in [0.2, 0.25) is 0 Å². The Bertz CT molecular complexity index is 432. The van der Waals surface area contributed by atoms with Crippen LogP contribution in [0.1, 0.15) is 13.3 Å². The van der Waals surface area contributed by atoms with Gasteiger partial charge in [0, 0.05) is 11.5 Å². The van der Waals surface area contributed by atoms with E-state index in [1.165, 1.54) is 16.4 Å². The molecule has 0 atom stereocenters. The number of nitrogens with zero attached hydrogens (tertiary/aromatic N) is 4. The third-order valence-corrected chi connectivity index (χ3v) is 4.92. The fraction of sp³-hybridized carbons (Fsp3) is 0.875. The number of hydrogen-bond acceptors (Lipinski definition) is 7. The molecule has 0 radical (unpaired) electrons. The lowest BCUT2D eigenvalue weighted by molar-refractivity contribution is 0.262. The highest BCUT2D eigenvalue weighted by Crippen LogP contribution is 2.14. The summed E-state index contributed by atoms with van der Waals surface area (Å²) in [5.41, 5.74) is 0. The molecule has 0 spiro atoms. The molecule has 1 rings (SSSR count). The van der Waals surface area contributed by atoms with Crippen LogP contribution in [0.15, 0.2) is 5.16 Å². The minimum Gasteiger partial charge on any atom is -0.394 e. The number of rotatable bonds is 8. The van der Waals surface area contributed by atoms with Gasteiger partial charge < -0.3 is 5.11 Å². The summed E-state index contributed by atoms with van der Waals surface area (Å²) < 4.78 is 24.0. The molecular weight excluding hydrogens is 264 g/mol. The van der Waals surface area contributed by atoms with Crippen molar-refractivity contribution in [2.24, 2.45) is 0 Å². The Kier molecular flexibility index (Phi) is 5.86. The summed E-state index contributed by atoms with van der Waals surface area (Å²) in [5, 5.41) is 20.4. The highest BCUT2D eigenvalue weighted by atomic mass is 32.2. The number of sulfone groups is 1. The number of hydrogen-bond donors (Lipinski definition) is 1. The normalized spacial score (nSPS) is 11.9. The van der Waals surface area contributed by atoms with Crippen molar-refractivity contribution in [3.8, 4) is 0 Å². The molecule has 0 saturated carbocycles. The standard InChI is InChI=1S/C8H16N4O3S2/c1-2-17(14,15)7-3-6-16-8-9-10-11-12(8)4-5-13/h13H,2-7H2,1H3. The number of tetrazole rings is 1. The fourth-order valence-corrected chi connectivity index (χ4v) is 3.02. The Hall–Kier alpha value is -0.670. The zero-order chi connectivity index (χ0) is 12.7. The monoisotopic (exact) mass is 280 g/mol. The Balaban J connectivity index is 2.33. The van der Waals surface area contributed by atoms with Crippen molar-refractivity contribution in [3.63, 3.8) is 0 Å². The number of thioether (sulfide) groups is 1. The first kappa shape index (κ1) is 14.4. The third-order valence-electron chi connectivity index (χ3n) is 2.08. The Morgan fingerprint density at radius 3 is 2.88 bits per heavy atom. The molecule has 0 bridgehead atoms. The number of aliphatic hydroxyl groups is 1. The van der Waals surface area contributed by atoms with Crippen LogP contribution < -0.4 is 0 Å². The molecule has 17 heavy (non-hydrogen) atoms. The predicted molar refractivity (Wildman–Crippen MR) is 64.6 cm³/mol. The molecule has 0 amide bonds. The van der Waals surface area contributed by atoms with Crippen LogP contribution in [-0.2, 0) is 16.4 Å². The molecule has 0 aliphatic heterocycles. The van der Waals surface area contributed by atoms with Gasteiger partial charge in [0.05, 0.1) is 18.9 Å². The van der Waals surface area contributed by atoms with Crippen LogP contribution in [0.3, 0.4) is 0 Å². The van der Waals surface area contributed by atoms with Crippen molar-refractivity contribution < 1.29 is 13.5 Å². The van der Waals surface area contributed by atoms with Crippen LogP contribution in [0.25, 0.3) is 0 Å². The van der Waals surface area contributed by atoms with E-state index in [0.29, 0.717) is 23.9 Å². The highest BCUT2D eigenvalue weighted by molar-refractivity contribution is 7.99. The summed E-state index contributed by atoms with van der Waals surface area (Å²) in [5.74, 6) is 1.02. The van der Waals surface area contributed by atoms with Crippen LogP contribution in [0, 0.1) is 0 Å². The molecule has 1 aromatic heterocycles. The van der Waals surface area contributed by atoms with Crippen molar-refractivity contribution in [3.05, 3.63) is 0 Å². The van der Waals surface area contributed by atoms with E-state index in [1.807, 2.05) is 0 Å². The molecule has 0 aromatic carbocycles.